The molecule has 28 heavy (non-hydrogen) atoms. The number of halogens is 1. The number of benzene rings is 1. The van der Waals surface area contributed by atoms with Gasteiger partial charge in [0.05, 0.1) is 16.6 Å². The van der Waals surface area contributed by atoms with Crippen LogP contribution in [0.2, 0.25) is 0 Å². The summed E-state index contributed by atoms with van der Waals surface area (Å²) in [4.78, 5) is 13.4. The summed E-state index contributed by atoms with van der Waals surface area (Å²) in [7, 11) is 0. The van der Waals surface area contributed by atoms with Crippen molar-refractivity contribution in [1.29, 1.82) is 0 Å². The van der Waals surface area contributed by atoms with E-state index >= 15 is 0 Å². The zero-order valence-corrected chi connectivity index (χ0v) is 15.9. The minimum Gasteiger partial charge on any atom is -0.339 e. The molecule has 7 heteroatoms. The maximum atomic E-state index is 14.4. The zero-order chi connectivity index (χ0) is 19.5. The summed E-state index contributed by atoms with van der Waals surface area (Å²) >= 11 is 0. The van der Waals surface area contributed by atoms with E-state index in [9.17, 15) is 4.39 Å². The Morgan fingerprint density at radius 2 is 1.86 bits per heavy atom. The molecule has 0 saturated heterocycles. The van der Waals surface area contributed by atoms with Crippen LogP contribution in [0.25, 0.3) is 22.4 Å². The first-order chi connectivity index (χ1) is 13.7. The minimum absolute atomic E-state index is 0.333. The zero-order valence-electron chi connectivity index (χ0n) is 15.9. The summed E-state index contributed by atoms with van der Waals surface area (Å²) < 4.78 is 16.3. The molecule has 4 rings (SSSR count). The highest BCUT2D eigenvalue weighted by Crippen LogP contribution is 2.30. The minimum atomic E-state index is -0.354. The standard InChI is InChI=1S/C21H21FN6/c1-3-4-13-28-21-18(14(2)27-28)20(24-15-9-11-23-12-10-15)25-19(26-21)16-7-5-6-8-17(16)22/h5-12H,3-4,13H2,1-2H3,(H,23,24,25,26). The van der Waals surface area contributed by atoms with Crippen LogP contribution in [0.3, 0.4) is 0 Å². The number of aromatic nitrogens is 5. The topological polar surface area (TPSA) is 68.5 Å². The van der Waals surface area contributed by atoms with Gasteiger partial charge in [-0.1, -0.05) is 25.5 Å². The van der Waals surface area contributed by atoms with Gasteiger partial charge >= 0.3 is 0 Å². The number of pyridine rings is 1. The number of fused-ring (bicyclic) bond motifs is 1. The average Bonchev–Trinajstić information content (AvgIpc) is 3.03. The van der Waals surface area contributed by atoms with E-state index in [1.807, 2.05) is 23.7 Å². The van der Waals surface area contributed by atoms with E-state index in [2.05, 4.69) is 32.3 Å². The molecule has 0 aliphatic rings. The van der Waals surface area contributed by atoms with Gasteiger partial charge in [0.15, 0.2) is 11.5 Å². The Balaban J connectivity index is 1.92. The van der Waals surface area contributed by atoms with Gasteiger partial charge in [0, 0.05) is 24.6 Å². The Labute approximate surface area is 162 Å². The molecule has 0 aliphatic carbocycles. The second kappa shape index (κ2) is 7.72. The molecular weight excluding hydrogens is 355 g/mol. The first kappa shape index (κ1) is 18.0. The van der Waals surface area contributed by atoms with E-state index in [0.29, 0.717) is 22.9 Å². The van der Waals surface area contributed by atoms with Crippen LogP contribution in [-0.2, 0) is 6.54 Å². The van der Waals surface area contributed by atoms with Crippen molar-refractivity contribution >= 4 is 22.5 Å². The van der Waals surface area contributed by atoms with Crippen molar-refractivity contribution in [3.63, 3.8) is 0 Å². The maximum Gasteiger partial charge on any atom is 0.166 e. The van der Waals surface area contributed by atoms with Gasteiger partial charge in [-0.2, -0.15) is 5.10 Å². The predicted molar refractivity (Wildman–Crippen MR) is 108 cm³/mol. The molecule has 0 radical (unpaired) electrons. The summed E-state index contributed by atoms with van der Waals surface area (Å²) in [6.07, 6.45) is 5.45. The molecule has 1 aromatic carbocycles. The lowest BCUT2D eigenvalue weighted by molar-refractivity contribution is 0.580. The van der Waals surface area contributed by atoms with Gasteiger partial charge in [-0.3, -0.25) is 4.98 Å². The lowest BCUT2D eigenvalue weighted by Crippen LogP contribution is -2.04. The summed E-state index contributed by atoms with van der Waals surface area (Å²) in [6.45, 7) is 4.83. The Bertz CT molecular complexity index is 1110. The Morgan fingerprint density at radius 1 is 1.07 bits per heavy atom. The van der Waals surface area contributed by atoms with Crippen molar-refractivity contribution in [3.8, 4) is 11.4 Å². The predicted octanol–water partition coefficient (Wildman–Crippen LogP) is 4.88. The summed E-state index contributed by atoms with van der Waals surface area (Å²) in [6, 6.07) is 10.2. The molecule has 0 unspecified atom stereocenters. The number of hydrogen-bond donors (Lipinski definition) is 1. The first-order valence-electron chi connectivity index (χ1n) is 9.34. The smallest absolute Gasteiger partial charge is 0.166 e. The Kier molecular flexibility index (Phi) is 4.97. The van der Waals surface area contributed by atoms with Crippen LogP contribution in [0.15, 0.2) is 48.8 Å². The third-order valence-electron chi connectivity index (χ3n) is 4.55. The number of anilines is 2. The second-order valence-corrected chi connectivity index (χ2v) is 6.60. The second-order valence-electron chi connectivity index (χ2n) is 6.60. The van der Waals surface area contributed by atoms with Crippen LogP contribution in [0.4, 0.5) is 15.9 Å². The highest BCUT2D eigenvalue weighted by atomic mass is 19.1. The van der Waals surface area contributed by atoms with Crippen molar-refractivity contribution in [1.82, 2.24) is 24.7 Å². The molecule has 0 fully saturated rings. The van der Waals surface area contributed by atoms with Crippen molar-refractivity contribution < 1.29 is 4.39 Å². The fraction of sp³-hybridized carbons (Fsp3) is 0.238. The summed E-state index contributed by atoms with van der Waals surface area (Å²) in [5.74, 6) is 0.586. The van der Waals surface area contributed by atoms with Crippen molar-refractivity contribution in [2.24, 2.45) is 0 Å². The van der Waals surface area contributed by atoms with Crippen LogP contribution in [-0.4, -0.2) is 24.7 Å². The van der Waals surface area contributed by atoms with E-state index < -0.39 is 0 Å². The van der Waals surface area contributed by atoms with Gasteiger partial charge in [-0.15, -0.1) is 0 Å². The van der Waals surface area contributed by atoms with E-state index in [-0.39, 0.29) is 5.82 Å². The van der Waals surface area contributed by atoms with Crippen LogP contribution >= 0.6 is 0 Å². The monoisotopic (exact) mass is 376 g/mol. The molecule has 6 nitrogen and oxygen atoms in total. The molecule has 4 aromatic rings. The Morgan fingerprint density at radius 3 is 2.61 bits per heavy atom. The SMILES string of the molecule is CCCCn1nc(C)c2c(Nc3ccncc3)nc(-c3ccccc3F)nc21. The molecule has 0 aliphatic heterocycles. The molecule has 0 saturated carbocycles. The van der Waals surface area contributed by atoms with Crippen molar-refractivity contribution in [2.75, 3.05) is 5.32 Å². The third kappa shape index (κ3) is 3.43. The van der Waals surface area contributed by atoms with Crippen molar-refractivity contribution in [2.45, 2.75) is 33.2 Å². The van der Waals surface area contributed by atoms with Crippen LogP contribution in [0, 0.1) is 12.7 Å². The van der Waals surface area contributed by atoms with Crippen molar-refractivity contribution in [3.05, 3.63) is 60.3 Å². The number of hydrogen-bond acceptors (Lipinski definition) is 5. The number of rotatable bonds is 6. The maximum absolute atomic E-state index is 14.4. The summed E-state index contributed by atoms with van der Waals surface area (Å²) in [5, 5.41) is 8.82. The van der Waals surface area contributed by atoms with E-state index in [4.69, 9.17) is 0 Å². The first-order valence-corrected chi connectivity index (χ1v) is 9.34. The summed E-state index contributed by atoms with van der Waals surface area (Å²) in [5.41, 5.74) is 2.75. The Hall–Kier alpha value is -3.35. The largest absolute Gasteiger partial charge is 0.339 e. The van der Waals surface area contributed by atoms with E-state index in [0.717, 1.165) is 36.2 Å². The third-order valence-corrected chi connectivity index (χ3v) is 4.55. The molecule has 1 N–H and O–H groups in total. The highest BCUT2D eigenvalue weighted by molar-refractivity contribution is 5.92. The molecule has 0 bridgehead atoms. The number of aryl methyl sites for hydroxylation is 2. The van der Waals surface area contributed by atoms with E-state index in [1.54, 1.807) is 30.6 Å². The van der Waals surface area contributed by atoms with Gasteiger partial charge < -0.3 is 5.32 Å². The normalized spacial score (nSPS) is 11.1. The number of nitrogens with zero attached hydrogens (tertiary/aromatic N) is 5. The lowest BCUT2D eigenvalue weighted by Gasteiger charge is -2.10. The molecule has 3 heterocycles. The van der Waals surface area contributed by atoms with Gasteiger partial charge in [-0.05, 0) is 37.6 Å². The van der Waals surface area contributed by atoms with Crippen LogP contribution < -0.4 is 5.32 Å². The fourth-order valence-electron chi connectivity index (χ4n) is 3.14. The number of unbranched alkanes of at least 4 members (excludes halogenated alkanes) is 1. The molecule has 0 amide bonds. The molecule has 142 valence electrons. The van der Waals surface area contributed by atoms with Gasteiger partial charge in [-0.25, -0.2) is 19.0 Å². The average molecular weight is 376 g/mol. The lowest BCUT2D eigenvalue weighted by atomic mass is 10.2. The highest BCUT2D eigenvalue weighted by Gasteiger charge is 2.18. The molecular formula is C21H21FN6. The molecule has 0 spiro atoms. The van der Waals surface area contributed by atoms with Gasteiger partial charge in [0.25, 0.3) is 0 Å². The number of nitrogens with one attached hydrogen (secondary N) is 1. The van der Waals surface area contributed by atoms with Gasteiger partial charge in [0.1, 0.15) is 11.6 Å². The van der Waals surface area contributed by atoms with Crippen LogP contribution in [0.1, 0.15) is 25.5 Å². The van der Waals surface area contributed by atoms with E-state index in [1.165, 1.54) is 6.07 Å². The molecule has 3 aromatic heterocycles. The fourth-order valence-corrected chi connectivity index (χ4v) is 3.14. The molecule has 0 atom stereocenters. The van der Waals surface area contributed by atoms with Gasteiger partial charge in [0.2, 0.25) is 0 Å². The quantitative estimate of drug-likeness (QED) is 0.519. The van der Waals surface area contributed by atoms with Crippen LogP contribution in [0.5, 0.6) is 0 Å².